The summed E-state index contributed by atoms with van der Waals surface area (Å²) >= 11 is 0. The molecule has 1 heteroatoms. The van der Waals surface area contributed by atoms with Gasteiger partial charge >= 0.3 is 0 Å². The predicted octanol–water partition coefficient (Wildman–Crippen LogP) is 6.32. The van der Waals surface area contributed by atoms with Gasteiger partial charge in [0.25, 0.3) is 0 Å². The van der Waals surface area contributed by atoms with Crippen LogP contribution in [0.5, 0.6) is 0 Å². The monoisotopic (exact) mass is 363 g/mol. The first-order valence-electron chi connectivity index (χ1n) is 10.00. The second-order valence-electron chi connectivity index (χ2n) is 7.18. The molecule has 1 heterocycles. The van der Waals surface area contributed by atoms with Crippen molar-refractivity contribution in [2.45, 2.75) is 25.7 Å². The van der Waals surface area contributed by atoms with Crippen molar-refractivity contribution in [3.8, 4) is 11.1 Å². The van der Waals surface area contributed by atoms with Gasteiger partial charge in [-0.25, -0.2) is 0 Å². The maximum atomic E-state index is 4.99. The van der Waals surface area contributed by atoms with Crippen LogP contribution in [0.15, 0.2) is 103 Å². The van der Waals surface area contributed by atoms with Gasteiger partial charge in [-0.05, 0) is 60.1 Å². The molecule has 0 unspecified atom stereocenters. The fourth-order valence-corrected chi connectivity index (χ4v) is 3.54. The Morgan fingerprint density at radius 3 is 1.32 bits per heavy atom. The fraction of sp³-hybridized carbons (Fsp3) is 0.148. The van der Waals surface area contributed by atoms with Gasteiger partial charge in [0.15, 0.2) is 0 Å². The molecule has 1 nitrogen and oxygen atoms in total. The Balaban J connectivity index is 1.57. The summed E-state index contributed by atoms with van der Waals surface area (Å²) in [5, 5.41) is 0. The summed E-state index contributed by atoms with van der Waals surface area (Å²) in [6.07, 6.45) is 3.96. The predicted molar refractivity (Wildman–Crippen MR) is 117 cm³/mol. The zero-order valence-electron chi connectivity index (χ0n) is 16.1. The highest BCUT2D eigenvalue weighted by atomic mass is 14.7. The Bertz CT molecular complexity index is 930. The van der Waals surface area contributed by atoms with Crippen LogP contribution in [-0.2, 0) is 25.7 Å². The minimum atomic E-state index is 0.961. The van der Waals surface area contributed by atoms with E-state index < -0.39 is 0 Å². The number of pyridine rings is 1. The van der Waals surface area contributed by atoms with E-state index in [1.165, 1.54) is 33.6 Å². The number of aryl methyl sites for hydroxylation is 4. The molecule has 0 saturated heterocycles. The third kappa shape index (κ3) is 4.95. The number of aromatic nitrogens is 1. The molecule has 0 amide bonds. The van der Waals surface area contributed by atoms with Crippen molar-refractivity contribution in [2.75, 3.05) is 0 Å². The zero-order valence-corrected chi connectivity index (χ0v) is 16.1. The first-order chi connectivity index (χ1) is 13.9. The molecule has 0 spiro atoms. The minimum Gasteiger partial charge on any atom is -0.258 e. The molecule has 4 rings (SSSR count). The van der Waals surface area contributed by atoms with E-state index in [4.69, 9.17) is 4.98 Å². The molecule has 0 fully saturated rings. The van der Waals surface area contributed by atoms with Crippen LogP contribution >= 0.6 is 0 Å². The van der Waals surface area contributed by atoms with Crippen LogP contribution < -0.4 is 0 Å². The summed E-state index contributed by atoms with van der Waals surface area (Å²) in [5.41, 5.74) is 7.59. The van der Waals surface area contributed by atoms with Crippen molar-refractivity contribution in [1.82, 2.24) is 4.98 Å². The average Bonchev–Trinajstić information content (AvgIpc) is 2.78. The molecule has 1 aromatic heterocycles. The van der Waals surface area contributed by atoms with Crippen LogP contribution in [0.1, 0.15) is 22.5 Å². The van der Waals surface area contributed by atoms with Gasteiger partial charge in [-0.3, -0.25) is 4.98 Å². The second-order valence-corrected chi connectivity index (χ2v) is 7.18. The molecule has 138 valence electrons. The Hall–Kier alpha value is -3.19. The largest absolute Gasteiger partial charge is 0.258 e. The molecular weight excluding hydrogens is 338 g/mol. The van der Waals surface area contributed by atoms with E-state index in [0.29, 0.717) is 0 Å². The lowest BCUT2D eigenvalue weighted by molar-refractivity contribution is 0.858. The Kier molecular flexibility index (Phi) is 5.94. The van der Waals surface area contributed by atoms with Gasteiger partial charge < -0.3 is 0 Å². The van der Waals surface area contributed by atoms with Crippen molar-refractivity contribution >= 4 is 0 Å². The summed E-state index contributed by atoms with van der Waals surface area (Å²) in [6, 6.07) is 36.5. The third-order valence-corrected chi connectivity index (χ3v) is 5.06. The molecule has 0 aliphatic heterocycles. The molecular formula is C27H25N. The smallest absolute Gasteiger partial charge is 0.0416 e. The van der Waals surface area contributed by atoms with Crippen molar-refractivity contribution in [3.05, 3.63) is 126 Å². The molecule has 4 aromatic rings. The van der Waals surface area contributed by atoms with Gasteiger partial charge in [-0.15, -0.1) is 0 Å². The maximum absolute atomic E-state index is 4.99. The quantitative estimate of drug-likeness (QED) is 0.374. The van der Waals surface area contributed by atoms with E-state index in [1.54, 1.807) is 0 Å². The molecule has 0 aliphatic rings. The number of rotatable bonds is 7. The minimum absolute atomic E-state index is 0.961. The van der Waals surface area contributed by atoms with Crippen molar-refractivity contribution in [1.29, 1.82) is 0 Å². The van der Waals surface area contributed by atoms with Gasteiger partial charge in [0.05, 0.1) is 0 Å². The molecule has 28 heavy (non-hydrogen) atoms. The maximum Gasteiger partial charge on any atom is 0.0416 e. The van der Waals surface area contributed by atoms with E-state index in [1.807, 2.05) is 0 Å². The Morgan fingerprint density at radius 2 is 0.857 bits per heavy atom. The molecule has 0 aliphatic carbocycles. The number of hydrogen-bond donors (Lipinski definition) is 0. The fourth-order valence-electron chi connectivity index (χ4n) is 3.54. The van der Waals surface area contributed by atoms with Gasteiger partial charge in [-0.1, -0.05) is 91.0 Å². The number of hydrogen-bond acceptors (Lipinski definition) is 1. The lowest BCUT2D eigenvalue weighted by Crippen LogP contribution is -2.01. The van der Waals surface area contributed by atoms with Crippen molar-refractivity contribution in [3.63, 3.8) is 0 Å². The first kappa shape index (κ1) is 18.2. The van der Waals surface area contributed by atoms with Crippen LogP contribution in [0.2, 0.25) is 0 Å². The van der Waals surface area contributed by atoms with Gasteiger partial charge in [0.2, 0.25) is 0 Å². The first-order valence-corrected chi connectivity index (χ1v) is 10.00. The van der Waals surface area contributed by atoms with E-state index in [-0.39, 0.29) is 0 Å². The summed E-state index contributed by atoms with van der Waals surface area (Å²) in [5.74, 6) is 0. The lowest BCUT2D eigenvalue weighted by atomic mass is 10.00. The normalized spacial score (nSPS) is 10.7. The number of benzene rings is 3. The molecule has 0 atom stereocenters. The van der Waals surface area contributed by atoms with Crippen LogP contribution in [0.25, 0.3) is 11.1 Å². The summed E-state index contributed by atoms with van der Waals surface area (Å²) in [6.45, 7) is 0. The van der Waals surface area contributed by atoms with Crippen LogP contribution in [0.3, 0.4) is 0 Å². The van der Waals surface area contributed by atoms with Gasteiger partial charge in [-0.2, -0.15) is 0 Å². The standard InChI is InChI=1S/C27H25N/c1-4-10-22(11-5-1)16-18-26-20-25(24-14-8-3-9-15-24)21-27(28-26)19-17-23-12-6-2-7-13-23/h1-15,20-21H,16-19H2. The summed E-state index contributed by atoms with van der Waals surface area (Å²) in [4.78, 5) is 4.99. The zero-order chi connectivity index (χ0) is 19.0. The Morgan fingerprint density at radius 1 is 0.429 bits per heavy atom. The van der Waals surface area contributed by atoms with Crippen LogP contribution in [0.4, 0.5) is 0 Å². The number of nitrogens with zero attached hydrogens (tertiary/aromatic N) is 1. The van der Waals surface area contributed by atoms with E-state index >= 15 is 0 Å². The van der Waals surface area contributed by atoms with Gasteiger partial charge in [0, 0.05) is 11.4 Å². The topological polar surface area (TPSA) is 12.9 Å². The summed E-state index contributed by atoms with van der Waals surface area (Å²) < 4.78 is 0. The molecule has 0 saturated carbocycles. The van der Waals surface area contributed by atoms with Crippen molar-refractivity contribution in [2.24, 2.45) is 0 Å². The molecule has 3 aromatic carbocycles. The average molecular weight is 364 g/mol. The molecule has 0 bridgehead atoms. The van der Waals surface area contributed by atoms with Crippen LogP contribution in [0, 0.1) is 0 Å². The van der Waals surface area contributed by atoms with E-state index in [0.717, 1.165) is 25.7 Å². The van der Waals surface area contributed by atoms with E-state index in [2.05, 4.69) is 103 Å². The third-order valence-electron chi connectivity index (χ3n) is 5.06. The van der Waals surface area contributed by atoms with Crippen molar-refractivity contribution < 1.29 is 0 Å². The second kappa shape index (κ2) is 9.14. The molecule has 0 N–H and O–H groups in total. The highest BCUT2D eigenvalue weighted by Crippen LogP contribution is 2.22. The highest BCUT2D eigenvalue weighted by molar-refractivity contribution is 5.64. The molecule has 0 radical (unpaired) electrons. The SMILES string of the molecule is c1ccc(CCc2cc(-c3ccccc3)cc(CCc3ccccc3)n2)cc1. The highest BCUT2D eigenvalue weighted by Gasteiger charge is 2.06. The van der Waals surface area contributed by atoms with Gasteiger partial charge in [0.1, 0.15) is 0 Å². The Labute approximate surface area is 167 Å². The van der Waals surface area contributed by atoms with E-state index in [9.17, 15) is 0 Å². The summed E-state index contributed by atoms with van der Waals surface area (Å²) in [7, 11) is 0. The lowest BCUT2D eigenvalue weighted by Gasteiger charge is -2.10. The van der Waals surface area contributed by atoms with Crippen LogP contribution in [-0.4, -0.2) is 4.98 Å².